The van der Waals surface area contributed by atoms with Crippen molar-refractivity contribution < 1.29 is 4.39 Å². The minimum Gasteiger partial charge on any atom is -0.328 e. The van der Waals surface area contributed by atoms with Crippen molar-refractivity contribution in [2.24, 2.45) is 5.73 Å². The molecule has 1 rings (SSSR count). The lowest BCUT2D eigenvalue weighted by atomic mass is 9.99. The Morgan fingerprint density at radius 2 is 2.23 bits per heavy atom. The van der Waals surface area contributed by atoms with Gasteiger partial charge in [-0.25, -0.2) is 4.39 Å². The smallest absolute Gasteiger partial charge is 0.124 e. The van der Waals surface area contributed by atoms with Crippen LogP contribution >= 0.6 is 15.9 Å². The van der Waals surface area contributed by atoms with Gasteiger partial charge in [-0.2, -0.15) is 0 Å². The Labute approximate surface area is 86.3 Å². The van der Waals surface area contributed by atoms with E-state index in [1.807, 2.05) is 24.3 Å². The Hall–Kier alpha value is -0.410. The molecule has 72 valence electrons. The van der Waals surface area contributed by atoms with Crippen molar-refractivity contribution in [3.8, 4) is 0 Å². The molecule has 1 nitrogen and oxygen atoms in total. The molecule has 1 atom stereocenters. The van der Waals surface area contributed by atoms with Gasteiger partial charge in [-0.15, -0.1) is 0 Å². The highest BCUT2D eigenvalue weighted by Gasteiger charge is 2.21. The maximum absolute atomic E-state index is 13.5. The van der Waals surface area contributed by atoms with E-state index in [0.717, 1.165) is 10.0 Å². The fourth-order valence-corrected chi connectivity index (χ4v) is 1.59. The first-order chi connectivity index (χ1) is 6.03. The van der Waals surface area contributed by atoms with Gasteiger partial charge in [-0.05, 0) is 24.6 Å². The van der Waals surface area contributed by atoms with Gasteiger partial charge in [0.1, 0.15) is 5.67 Å². The first kappa shape index (κ1) is 10.7. The molecule has 0 saturated carbocycles. The van der Waals surface area contributed by atoms with Crippen LogP contribution in [0, 0.1) is 0 Å². The molecule has 0 aliphatic heterocycles. The SMILES string of the molecule is CC(F)(CN)Cc1cccc(Br)c1. The largest absolute Gasteiger partial charge is 0.328 e. The molecule has 0 aliphatic rings. The monoisotopic (exact) mass is 245 g/mol. The summed E-state index contributed by atoms with van der Waals surface area (Å²) < 4.78 is 14.5. The molecule has 0 bridgehead atoms. The summed E-state index contributed by atoms with van der Waals surface area (Å²) in [6.45, 7) is 1.58. The zero-order valence-corrected chi connectivity index (χ0v) is 9.14. The van der Waals surface area contributed by atoms with Crippen molar-refractivity contribution in [2.45, 2.75) is 19.0 Å². The topological polar surface area (TPSA) is 26.0 Å². The summed E-state index contributed by atoms with van der Waals surface area (Å²) >= 11 is 3.34. The maximum atomic E-state index is 13.5. The van der Waals surface area contributed by atoms with Gasteiger partial charge in [0.25, 0.3) is 0 Å². The zero-order valence-electron chi connectivity index (χ0n) is 7.56. The molecule has 13 heavy (non-hydrogen) atoms. The quantitative estimate of drug-likeness (QED) is 0.871. The molecular weight excluding hydrogens is 233 g/mol. The second-order valence-corrected chi connectivity index (χ2v) is 4.34. The number of halogens is 2. The van der Waals surface area contributed by atoms with Crippen molar-refractivity contribution in [1.82, 2.24) is 0 Å². The highest BCUT2D eigenvalue weighted by molar-refractivity contribution is 9.10. The van der Waals surface area contributed by atoms with Crippen molar-refractivity contribution in [1.29, 1.82) is 0 Å². The molecule has 0 aliphatic carbocycles. The molecule has 0 saturated heterocycles. The summed E-state index contributed by atoms with van der Waals surface area (Å²) in [5.41, 5.74) is 4.96. The molecule has 3 heteroatoms. The third-order valence-corrected chi connectivity index (χ3v) is 2.38. The lowest BCUT2D eigenvalue weighted by Gasteiger charge is -2.17. The van der Waals surface area contributed by atoms with Crippen molar-refractivity contribution >= 4 is 15.9 Å². The molecule has 1 unspecified atom stereocenters. The molecule has 1 aromatic carbocycles. The van der Waals surface area contributed by atoms with Gasteiger partial charge in [0.2, 0.25) is 0 Å². The molecule has 0 spiro atoms. The molecule has 0 heterocycles. The zero-order chi connectivity index (χ0) is 9.90. The van der Waals surface area contributed by atoms with Crippen LogP contribution < -0.4 is 5.73 Å². The highest BCUT2D eigenvalue weighted by Crippen LogP contribution is 2.19. The summed E-state index contributed by atoms with van der Waals surface area (Å²) in [6, 6.07) is 7.62. The number of rotatable bonds is 3. The Balaban J connectivity index is 2.74. The Morgan fingerprint density at radius 3 is 2.77 bits per heavy atom. The van der Waals surface area contributed by atoms with E-state index in [4.69, 9.17) is 5.73 Å². The molecule has 0 fully saturated rings. The molecule has 1 aromatic rings. The van der Waals surface area contributed by atoms with E-state index in [-0.39, 0.29) is 6.54 Å². The Morgan fingerprint density at radius 1 is 1.54 bits per heavy atom. The van der Waals surface area contributed by atoms with E-state index in [2.05, 4.69) is 15.9 Å². The standard InChI is InChI=1S/C10H13BrFN/c1-10(12,7-13)6-8-3-2-4-9(11)5-8/h2-5H,6-7,13H2,1H3. The first-order valence-electron chi connectivity index (χ1n) is 4.17. The number of hydrogen-bond donors (Lipinski definition) is 1. The van der Waals surface area contributed by atoms with Crippen LogP contribution in [0.4, 0.5) is 4.39 Å². The first-order valence-corrected chi connectivity index (χ1v) is 4.96. The van der Waals surface area contributed by atoms with Crippen LogP contribution in [0.1, 0.15) is 12.5 Å². The number of benzene rings is 1. The average molecular weight is 246 g/mol. The third kappa shape index (κ3) is 3.44. The van der Waals surface area contributed by atoms with Gasteiger partial charge in [0.05, 0.1) is 0 Å². The van der Waals surface area contributed by atoms with E-state index < -0.39 is 5.67 Å². The van der Waals surface area contributed by atoms with E-state index in [0.29, 0.717) is 6.42 Å². The summed E-state index contributed by atoms with van der Waals surface area (Å²) in [4.78, 5) is 0. The van der Waals surface area contributed by atoms with Gasteiger partial charge >= 0.3 is 0 Å². The summed E-state index contributed by atoms with van der Waals surface area (Å²) in [5.74, 6) is 0. The normalized spacial score (nSPS) is 15.4. The summed E-state index contributed by atoms with van der Waals surface area (Å²) in [7, 11) is 0. The number of nitrogens with two attached hydrogens (primary N) is 1. The summed E-state index contributed by atoms with van der Waals surface area (Å²) in [5, 5.41) is 0. The van der Waals surface area contributed by atoms with Gasteiger partial charge in [0.15, 0.2) is 0 Å². The second kappa shape index (κ2) is 4.20. The second-order valence-electron chi connectivity index (χ2n) is 3.42. The molecule has 0 amide bonds. The minimum atomic E-state index is -1.30. The minimum absolute atomic E-state index is 0.0551. The van der Waals surface area contributed by atoms with E-state index in [1.165, 1.54) is 6.92 Å². The number of hydrogen-bond acceptors (Lipinski definition) is 1. The number of alkyl halides is 1. The van der Waals surface area contributed by atoms with Crippen LogP contribution in [0.2, 0.25) is 0 Å². The molecular formula is C10H13BrFN. The van der Waals surface area contributed by atoms with Crippen molar-refractivity contribution in [3.05, 3.63) is 34.3 Å². The highest BCUT2D eigenvalue weighted by atomic mass is 79.9. The fraction of sp³-hybridized carbons (Fsp3) is 0.400. The van der Waals surface area contributed by atoms with Gasteiger partial charge < -0.3 is 5.73 Å². The van der Waals surface area contributed by atoms with Gasteiger partial charge in [0, 0.05) is 17.4 Å². The molecule has 0 aromatic heterocycles. The van der Waals surface area contributed by atoms with Crippen LogP contribution in [-0.2, 0) is 6.42 Å². The molecule has 0 radical (unpaired) electrons. The lowest BCUT2D eigenvalue weighted by Crippen LogP contribution is -2.31. The Kier molecular flexibility index (Phi) is 3.45. The van der Waals surface area contributed by atoms with Crippen LogP contribution in [0.5, 0.6) is 0 Å². The van der Waals surface area contributed by atoms with Crippen molar-refractivity contribution in [3.63, 3.8) is 0 Å². The van der Waals surface area contributed by atoms with Crippen LogP contribution in [0.15, 0.2) is 28.7 Å². The fourth-order valence-electron chi connectivity index (χ4n) is 1.14. The van der Waals surface area contributed by atoms with Crippen molar-refractivity contribution in [2.75, 3.05) is 6.54 Å². The van der Waals surface area contributed by atoms with E-state index in [1.54, 1.807) is 0 Å². The summed E-state index contributed by atoms with van der Waals surface area (Å²) in [6.07, 6.45) is 0.364. The van der Waals surface area contributed by atoms with Crippen LogP contribution in [0.25, 0.3) is 0 Å². The van der Waals surface area contributed by atoms with E-state index in [9.17, 15) is 4.39 Å². The van der Waals surface area contributed by atoms with Gasteiger partial charge in [-0.1, -0.05) is 28.1 Å². The van der Waals surface area contributed by atoms with E-state index >= 15 is 0 Å². The average Bonchev–Trinajstić information content (AvgIpc) is 2.03. The third-order valence-electron chi connectivity index (χ3n) is 1.89. The lowest BCUT2D eigenvalue weighted by molar-refractivity contribution is 0.200. The predicted octanol–water partition coefficient (Wildman–Crippen LogP) is 2.68. The predicted molar refractivity (Wildman–Crippen MR) is 56.4 cm³/mol. The maximum Gasteiger partial charge on any atom is 0.124 e. The Bertz CT molecular complexity index is 286. The van der Waals surface area contributed by atoms with Crippen LogP contribution in [-0.4, -0.2) is 12.2 Å². The van der Waals surface area contributed by atoms with Gasteiger partial charge in [-0.3, -0.25) is 0 Å². The van der Waals surface area contributed by atoms with Crippen LogP contribution in [0.3, 0.4) is 0 Å². The molecule has 2 N–H and O–H groups in total.